The number of rotatable bonds is 5. The zero-order valence-corrected chi connectivity index (χ0v) is 17.3. The van der Waals surface area contributed by atoms with Crippen molar-refractivity contribution in [3.05, 3.63) is 53.9 Å². The topological polar surface area (TPSA) is 87.2 Å². The molecular weight excluding hydrogens is 425 g/mol. The molecule has 4 rings (SSSR count). The number of aromatic amines is 1. The molecule has 1 N–H and O–H groups in total. The van der Waals surface area contributed by atoms with Crippen molar-refractivity contribution in [2.24, 2.45) is 0 Å². The van der Waals surface area contributed by atoms with Crippen molar-refractivity contribution in [1.29, 1.82) is 0 Å². The van der Waals surface area contributed by atoms with E-state index in [0.717, 1.165) is 23.5 Å². The normalized spacial score (nSPS) is 14.5. The van der Waals surface area contributed by atoms with Crippen LogP contribution in [0.1, 0.15) is 23.0 Å². The Morgan fingerprint density at radius 1 is 1.06 bits per heavy atom. The number of aromatic nitrogens is 4. The van der Waals surface area contributed by atoms with E-state index in [2.05, 4.69) is 25.3 Å². The molecular formula is C21H21F3N6O2. The zero-order valence-electron chi connectivity index (χ0n) is 17.3. The number of hydrogen-bond donors (Lipinski definition) is 1. The lowest BCUT2D eigenvalue weighted by atomic mass is 10.1. The zero-order chi connectivity index (χ0) is 22.7. The number of halogens is 3. The number of benzene rings is 1. The van der Waals surface area contributed by atoms with Gasteiger partial charge in [0, 0.05) is 43.6 Å². The quantitative estimate of drug-likeness (QED) is 0.601. The summed E-state index contributed by atoms with van der Waals surface area (Å²) in [5.74, 6) is -0.0451. The maximum atomic E-state index is 12.8. The van der Waals surface area contributed by atoms with Gasteiger partial charge < -0.3 is 14.5 Å². The van der Waals surface area contributed by atoms with Crippen molar-refractivity contribution in [3.8, 4) is 11.3 Å². The molecule has 0 spiro atoms. The first-order chi connectivity index (χ1) is 15.4. The summed E-state index contributed by atoms with van der Waals surface area (Å²) in [5, 5.41) is 10.6. The van der Waals surface area contributed by atoms with Crippen molar-refractivity contribution in [2.75, 3.05) is 42.6 Å². The summed E-state index contributed by atoms with van der Waals surface area (Å²) < 4.78 is 43.4. The third-order valence-corrected chi connectivity index (χ3v) is 5.20. The fraction of sp³-hybridized carbons (Fsp3) is 0.333. The Balaban J connectivity index is 1.51. The number of para-hydroxylation sites is 1. The Morgan fingerprint density at radius 2 is 1.78 bits per heavy atom. The van der Waals surface area contributed by atoms with Gasteiger partial charge in [-0.25, -0.2) is 9.78 Å². The molecule has 0 atom stereocenters. The standard InChI is InChI=1S/C21H21F3N6O2/c1-2-32-20(31)19-18(26-28-27-19)15-5-3-4-6-16(15)29-9-11-30(12-10-29)17-8-7-14(13-25-17)21(22,23)24/h3-8,13H,2,9-12H2,1H3,(H,26,27,28). The van der Waals surface area contributed by atoms with Crippen LogP contribution in [0.2, 0.25) is 0 Å². The molecule has 0 unspecified atom stereocenters. The number of nitrogens with one attached hydrogen (secondary N) is 1. The average Bonchev–Trinajstić information content (AvgIpc) is 3.29. The van der Waals surface area contributed by atoms with E-state index in [1.807, 2.05) is 29.2 Å². The number of esters is 1. The van der Waals surface area contributed by atoms with Crippen molar-refractivity contribution < 1.29 is 22.7 Å². The van der Waals surface area contributed by atoms with Gasteiger partial charge in [-0.2, -0.15) is 23.5 Å². The van der Waals surface area contributed by atoms with Crippen LogP contribution in [-0.2, 0) is 10.9 Å². The molecule has 0 bridgehead atoms. The molecule has 11 heteroatoms. The monoisotopic (exact) mass is 446 g/mol. The summed E-state index contributed by atoms with van der Waals surface area (Å²) in [7, 11) is 0. The lowest BCUT2D eigenvalue weighted by Crippen LogP contribution is -2.47. The minimum absolute atomic E-state index is 0.117. The largest absolute Gasteiger partial charge is 0.461 e. The lowest BCUT2D eigenvalue weighted by molar-refractivity contribution is -0.137. The number of hydrogen-bond acceptors (Lipinski definition) is 7. The number of H-pyrrole nitrogens is 1. The van der Waals surface area contributed by atoms with Crippen LogP contribution in [0.5, 0.6) is 0 Å². The van der Waals surface area contributed by atoms with Gasteiger partial charge in [-0.3, -0.25) is 0 Å². The van der Waals surface area contributed by atoms with Crippen LogP contribution in [0.15, 0.2) is 42.6 Å². The minimum Gasteiger partial charge on any atom is -0.461 e. The molecule has 1 saturated heterocycles. The third-order valence-electron chi connectivity index (χ3n) is 5.20. The maximum absolute atomic E-state index is 12.8. The third kappa shape index (κ3) is 4.36. The first-order valence-electron chi connectivity index (χ1n) is 10.1. The van der Waals surface area contributed by atoms with E-state index in [1.54, 1.807) is 6.92 Å². The fourth-order valence-electron chi connectivity index (χ4n) is 3.63. The molecule has 32 heavy (non-hydrogen) atoms. The average molecular weight is 446 g/mol. The molecule has 168 valence electrons. The van der Waals surface area contributed by atoms with E-state index in [4.69, 9.17) is 4.74 Å². The first-order valence-corrected chi connectivity index (χ1v) is 10.1. The number of carbonyl (C=O) groups excluding carboxylic acids is 1. The molecule has 1 aromatic carbocycles. The molecule has 3 heterocycles. The van der Waals surface area contributed by atoms with Gasteiger partial charge in [0.15, 0.2) is 5.69 Å². The number of piperazine rings is 1. The Kier molecular flexibility index (Phi) is 5.97. The molecule has 3 aromatic rings. The molecule has 0 amide bonds. The molecule has 1 aliphatic rings. The lowest BCUT2D eigenvalue weighted by Gasteiger charge is -2.37. The molecule has 2 aromatic heterocycles. The highest BCUT2D eigenvalue weighted by Crippen LogP contribution is 2.33. The van der Waals surface area contributed by atoms with Crippen LogP contribution in [-0.4, -0.2) is 59.1 Å². The summed E-state index contributed by atoms with van der Waals surface area (Å²) in [6, 6.07) is 9.99. The van der Waals surface area contributed by atoms with Crippen molar-refractivity contribution in [3.63, 3.8) is 0 Å². The Bertz CT molecular complexity index is 1080. The van der Waals surface area contributed by atoms with Crippen LogP contribution in [0.25, 0.3) is 11.3 Å². The summed E-state index contributed by atoms with van der Waals surface area (Å²) in [4.78, 5) is 20.3. The van der Waals surface area contributed by atoms with Crippen LogP contribution >= 0.6 is 0 Å². The number of anilines is 2. The van der Waals surface area contributed by atoms with Gasteiger partial charge in [-0.05, 0) is 25.1 Å². The smallest absolute Gasteiger partial charge is 0.417 e. The van der Waals surface area contributed by atoms with Crippen LogP contribution in [0.3, 0.4) is 0 Å². The highest BCUT2D eigenvalue weighted by molar-refractivity contribution is 5.96. The number of pyridine rings is 1. The molecule has 1 fully saturated rings. The van der Waals surface area contributed by atoms with Gasteiger partial charge in [0.25, 0.3) is 0 Å². The van der Waals surface area contributed by atoms with E-state index >= 15 is 0 Å². The Labute approximate surface area is 182 Å². The second kappa shape index (κ2) is 8.85. The van der Waals surface area contributed by atoms with E-state index in [9.17, 15) is 18.0 Å². The number of alkyl halides is 3. The molecule has 8 nitrogen and oxygen atoms in total. The highest BCUT2D eigenvalue weighted by atomic mass is 19.4. The molecule has 0 saturated carbocycles. The van der Waals surface area contributed by atoms with E-state index in [0.29, 0.717) is 37.7 Å². The van der Waals surface area contributed by atoms with Crippen molar-refractivity contribution >= 4 is 17.5 Å². The van der Waals surface area contributed by atoms with Gasteiger partial charge in [0.2, 0.25) is 0 Å². The van der Waals surface area contributed by atoms with Crippen molar-refractivity contribution in [2.45, 2.75) is 13.1 Å². The second-order valence-electron chi connectivity index (χ2n) is 7.14. The second-order valence-corrected chi connectivity index (χ2v) is 7.14. The summed E-state index contributed by atoms with van der Waals surface area (Å²) in [6.45, 7) is 4.34. The van der Waals surface area contributed by atoms with E-state index in [1.165, 1.54) is 6.07 Å². The van der Waals surface area contributed by atoms with Gasteiger partial charge in [0.05, 0.1) is 12.2 Å². The Morgan fingerprint density at radius 3 is 2.44 bits per heavy atom. The summed E-state index contributed by atoms with van der Waals surface area (Å²) in [5.41, 5.74) is 1.38. The van der Waals surface area contributed by atoms with Gasteiger partial charge >= 0.3 is 12.1 Å². The predicted octanol–water partition coefficient (Wildman–Crippen LogP) is 3.39. The SMILES string of the molecule is CCOC(=O)c1n[nH]nc1-c1ccccc1N1CCN(c2ccc(C(F)(F)F)cn2)CC1. The molecule has 0 aliphatic carbocycles. The van der Waals surface area contributed by atoms with E-state index in [-0.39, 0.29) is 12.3 Å². The van der Waals surface area contributed by atoms with Gasteiger partial charge in [0.1, 0.15) is 11.5 Å². The fourth-order valence-corrected chi connectivity index (χ4v) is 3.63. The summed E-state index contributed by atoms with van der Waals surface area (Å²) in [6.07, 6.45) is -3.55. The van der Waals surface area contributed by atoms with Gasteiger partial charge in [-0.1, -0.05) is 18.2 Å². The number of nitrogens with zero attached hydrogens (tertiary/aromatic N) is 5. The Hall–Kier alpha value is -3.63. The minimum atomic E-state index is -4.41. The van der Waals surface area contributed by atoms with Crippen LogP contribution < -0.4 is 9.80 Å². The first kappa shape index (κ1) is 21.6. The van der Waals surface area contributed by atoms with Crippen molar-refractivity contribution in [1.82, 2.24) is 20.4 Å². The number of carbonyl (C=O) groups is 1. The van der Waals surface area contributed by atoms with E-state index < -0.39 is 17.7 Å². The number of ether oxygens (including phenoxy) is 1. The van der Waals surface area contributed by atoms with Gasteiger partial charge in [-0.15, -0.1) is 5.10 Å². The van der Waals surface area contributed by atoms with Crippen LogP contribution in [0.4, 0.5) is 24.7 Å². The molecule has 0 radical (unpaired) electrons. The predicted molar refractivity (Wildman–Crippen MR) is 111 cm³/mol. The molecule has 1 aliphatic heterocycles. The highest BCUT2D eigenvalue weighted by Gasteiger charge is 2.31. The van der Waals surface area contributed by atoms with Crippen LogP contribution in [0, 0.1) is 0 Å². The summed E-state index contributed by atoms with van der Waals surface area (Å²) >= 11 is 0. The maximum Gasteiger partial charge on any atom is 0.417 e.